The van der Waals surface area contributed by atoms with Gasteiger partial charge in [-0.15, -0.1) is 0 Å². The van der Waals surface area contributed by atoms with Crippen molar-refractivity contribution in [1.29, 1.82) is 0 Å². The Morgan fingerprint density at radius 1 is 1.42 bits per heavy atom. The number of ether oxygens (including phenoxy) is 1. The van der Waals surface area contributed by atoms with E-state index in [1.807, 2.05) is 0 Å². The molecular weight excluding hydrogens is 332 g/mol. The van der Waals surface area contributed by atoms with Gasteiger partial charge in [-0.25, -0.2) is 13.4 Å². The van der Waals surface area contributed by atoms with E-state index in [0.717, 1.165) is 17.9 Å². The Hall–Kier alpha value is -1.71. The molecule has 3 heterocycles. The third-order valence-electron chi connectivity index (χ3n) is 4.45. The number of aromatic nitrogens is 3. The van der Waals surface area contributed by atoms with Gasteiger partial charge in [-0.2, -0.15) is 4.31 Å². The zero-order valence-corrected chi connectivity index (χ0v) is 14.3. The van der Waals surface area contributed by atoms with Crippen LogP contribution < -0.4 is 0 Å². The monoisotopic (exact) mass is 352 g/mol. The number of aryl methyl sites for hydroxylation is 1. The van der Waals surface area contributed by atoms with Gasteiger partial charge in [0.1, 0.15) is 11.5 Å². The molecule has 0 spiro atoms. The summed E-state index contributed by atoms with van der Waals surface area (Å²) in [4.78, 5) is 3.97. The molecule has 2 aromatic heterocycles. The molecule has 2 aliphatic rings. The lowest BCUT2D eigenvalue weighted by atomic mass is 10.1. The Balaban J connectivity index is 1.50. The van der Waals surface area contributed by atoms with Crippen molar-refractivity contribution < 1.29 is 17.7 Å². The first-order valence-corrected chi connectivity index (χ1v) is 9.50. The van der Waals surface area contributed by atoms with Gasteiger partial charge in [-0.05, 0) is 18.8 Å². The van der Waals surface area contributed by atoms with Crippen molar-refractivity contribution in [3.63, 3.8) is 0 Å². The van der Waals surface area contributed by atoms with Gasteiger partial charge >= 0.3 is 0 Å². The lowest BCUT2D eigenvalue weighted by Crippen LogP contribution is -2.36. The summed E-state index contributed by atoms with van der Waals surface area (Å²) in [5, 5.41) is 4.13. The summed E-state index contributed by atoms with van der Waals surface area (Å²) >= 11 is 0. The quantitative estimate of drug-likeness (QED) is 0.773. The van der Waals surface area contributed by atoms with Crippen molar-refractivity contribution in [3.05, 3.63) is 29.5 Å². The second kappa shape index (κ2) is 5.98. The van der Waals surface area contributed by atoms with Crippen LogP contribution in [0.2, 0.25) is 0 Å². The fraction of sp³-hybridized carbons (Fsp3) is 0.600. The third-order valence-corrected chi connectivity index (χ3v) is 6.18. The molecule has 0 radical (unpaired) electrons. The fourth-order valence-electron chi connectivity index (χ4n) is 2.82. The summed E-state index contributed by atoms with van der Waals surface area (Å²) in [6.45, 7) is 1.72. The number of rotatable bonds is 6. The summed E-state index contributed by atoms with van der Waals surface area (Å²) in [5.74, 6) is 1.43. The normalized spacial score (nSPS) is 18.7. The lowest BCUT2D eigenvalue weighted by molar-refractivity contribution is 0.106. The summed E-state index contributed by atoms with van der Waals surface area (Å²) in [6.07, 6.45) is 5.97. The highest BCUT2D eigenvalue weighted by Crippen LogP contribution is 2.30. The Bertz CT molecular complexity index is 838. The molecule has 0 unspecified atom stereocenters. The van der Waals surface area contributed by atoms with Crippen molar-refractivity contribution in [2.45, 2.75) is 37.4 Å². The molecule has 2 aromatic rings. The van der Waals surface area contributed by atoms with Gasteiger partial charge in [0.2, 0.25) is 0 Å². The molecule has 0 atom stereocenters. The van der Waals surface area contributed by atoms with Crippen molar-refractivity contribution in [1.82, 2.24) is 19.0 Å². The SMILES string of the molecule is Cn1cnc(S(=O)(=O)N2CCc3onc(COCC4CC4)c3C2)c1. The minimum Gasteiger partial charge on any atom is -0.375 e. The molecule has 0 N–H and O–H groups in total. The van der Waals surface area contributed by atoms with E-state index in [4.69, 9.17) is 9.26 Å². The predicted octanol–water partition coefficient (Wildman–Crippen LogP) is 1.08. The summed E-state index contributed by atoms with van der Waals surface area (Å²) in [6, 6.07) is 0. The van der Waals surface area contributed by atoms with Gasteiger partial charge in [-0.1, -0.05) is 5.16 Å². The van der Waals surface area contributed by atoms with E-state index in [1.54, 1.807) is 11.6 Å². The third kappa shape index (κ3) is 2.99. The van der Waals surface area contributed by atoms with Crippen LogP contribution in [0.25, 0.3) is 0 Å². The predicted molar refractivity (Wildman–Crippen MR) is 83.4 cm³/mol. The zero-order valence-electron chi connectivity index (χ0n) is 13.5. The molecule has 1 fully saturated rings. The molecule has 0 amide bonds. The minimum absolute atomic E-state index is 0.0661. The molecule has 130 valence electrons. The van der Waals surface area contributed by atoms with Gasteiger partial charge in [0.25, 0.3) is 10.0 Å². The minimum atomic E-state index is -3.61. The summed E-state index contributed by atoms with van der Waals surface area (Å²) in [5.41, 5.74) is 1.53. The van der Waals surface area contributed by atoms with E-state index in [1.165, 1.54) is 29.7 Å². The van der Waals surface area contributed by atoms with Crippen LogP contribution in [0.5, 0.6) is 0 Å². The Morgan fingerprint density at radius 3 is 2.96 bits per heavy atom. The molecule has 1 aliphatic carbocycles. The van der Waals surface area contributed by atoms with Gasteiger partial charge in [0.15, 0.2) is 5.03 Å². The molecule has 0 bridgehead atoms. The van der Waals surface area contributed by atoms with E-state index in [-0.39, 0.29) is 11.6 Å². The first kappa shape index (κ1) is 15.8. The van der Waals surface area contributed by atoms with Gasteiger partial charge in [0.05, 0.1) is 12.9 Å². The van der Waals surface area contributed by atoms with Crippen LogP contribution in [0.4, 0.5) is 0 Å². The van der Waals surface area contributed by atoms with E-state index in [0.29, 0.717) is 31.2 Å². The summed E-state index contributed by atoms with van der Waals surface area (Å²) < 4.78 is 39.5. The maximum Gasteiger partial charge on any atom is 0.262 e. The van der Waals surface area contributed by atoms with E-state index >= 15 is 0 Å². The number of nitrogens with zero attached hydrogens (tertiary/aromatic N) is 4. The van der Waals surface area contributed by atoms with Crippen molar-refractivity contribution >= 4 is 10.0 Å². The second-order valence-corrected chi connectivity index (χ2v) is 8.34. The van der Waals surface area contributed by atoms with E-state index in [9.17, 15) is 8.42 Å². The molecule has 0 saturated heterocycles. The van der Waals surface area contributed by atoms with Gasteiger partial charge in [0, 0.05) is 44.9 Å². The summed E-state index contributed by atoms with van der Waals surface area (Å²) in [7, 11) is -1.87. The highest BCUT2D eigenvalue weighted by molar-refractivity contribution is 7.89. The van der Waals surface area contributed by atoms with Crippen LogP contribution in [0.1, 0.15) is 29.9 Å². The van der Waals surface area contributed by atoms with Crippen LogP contribution in [-0.2, 0) is 41.4 Å². The average Bonchev–Trinajstić information content (AvgIpc) is 3.13. The van der Waals surface area contributed by atoms with Crippen LogP contribution in [0.15, 0.2) is 22.1 Å². The second-order valence-electron chi connectivity index (χ2n) is 6.46. The molecular formula is C15H20N4O4S. The Kier molecular flexibility index (Phi) is 3.93. The molecule has 0 aromatic carbocycles. The van der Waals surface area contributed by atoms with Crippen molar-refractivity contribution in [2.24, 2.45) is 13.0 Å². The smallest absolute Gasteiger partial charge is 0.262 e. The first-order chi connectivity index (χ1) is 11.5. The van der Waals surface area contributed by atoms with Crippen LogP contribution in [-0.4, -0.2) is 40.6 Å². The zero-order chi connectivity index (χ0) is 16.7. The maximum atomic E-state index is 12.7. The molecule has 1 aliphatic heterocycles. The fourth-order valence-corrected chi connectivity index (χ4v) is 4.19. The number of fused-ring (bicyclic) bond motifs is 1. The Morgan fingerprint density at radius 2 is 2.25 bits per heavy atom. The van der Waals surface area contributed by atoms with E-state index < -0.39 is 10.0 Å². The maximum absolute atomic E-state index is 12.7. The van der Waals surface area contributed by atoms with Crippen molar-refractivity contribution in [3.8, 4) is 0 Å². The highest BCUT2D eigenvalue weighted by atomic mass is 32.2. The van der Waals surface area contributed by atoms with Gasteiger partial charge in [-0.3, -0.25) is 0 Å². The highest BCUT2D eigenvalue weighted by Gasteiger charge is 2.33. The number of hydrogen-bond acceptors (Lipinski definition) is 6. The van der Waals surface area contributed by atoms with Crippen LogP contribution >= 0.6 is 0 Å². The molecule has 1 saturated carbocycles. The number of imidazole rings is 1. The van der Waals surface area contributed by atoms with Gasteiger partial charge < -0.3 is 13.8 Å². The van der Waals surface area contributed by atoms with E-state index in [2.05, 4.69) is 10.1 Å². The number of hydrogen-bond donors (Lipinski definition) is 0. The standard InChI is InChI=1S/C15H20N4O4S/c1-18-7-15(16-10-18)24(20,21)19-5-4-14-12(6-19)13(17-23-14)9-22-8-11-2-3-11/h7,10-11H,2-6,8-9H2,1H3. The molecule has 8 nitrogen and oxygen atoms in total. The average molecular weight is 352 g/mol. The number of sulfonamides is 1. The van der Waals surface area contributed by atoms with Crippen molar-refractivity contribution in [2.75, 3.05) is 13.2 Å². The van der Waals surface area contributed by atoms with Crippen LogP contribution in [0.3, 0.4) is 0 Å². The largest absolute Gasteiger partial charge is 0.375 e. The molecule has 4 rings (SSSR count). The topological polar surface area (TPSA) is 90.5 Å². The Labute approximate surface area is 140 Å². The molecule has 24 heavy (non-hydrogen) atoms. The first-order valence-electron chi connectivity index (χ1n) is 8.06. The molecule has 9 heteroatoms. The van der Waals surface area contributed by atoms with Crippen LogP contribution in [0, 0.1) is 5.92 Å². The lowest BCUT2D eigenvalue weighted by Gasteiger charge is -2.24.